The van der Waals surface area contributed by atoms with Gasteiger partial charge in [0.2, 0.25) is 0 Å². The number of benzene rings is 1. The number of hydrogen-bond donors (Lipinski definition) is 1. The fourth-order valence-corrected chi connectivity index (χ4v) is 1.15. The molecule has 0 atom stereocenters. The van der Waals surface area contributed by atoms with E-state index in [2.05, 4.69) is 39.5 Å². The van der Waals surface area contributed by atoms with Gasteiger partial charge in [-0.25, -0.2) is 0 Å². The minimum Gasteiger partial charge on any atom is -0.399 e. The lowest BCUT2D eigenvalue weighted by Crippen LogP contribution is -2.17. The fourth-order valence-electron chi connectivity index (χ4n) is 1.15. The van der Waals surface area contributed by atoms with Crippen LogP contribution in [0.3, 0.4) is 0 Å². The average Bonchev–Trinajstić information content (AvgIpc) is 2.04. The minimum atomic E-state index is 0.0354. The number of nitrogens with two attached hydrogens (primary N) is 1. The van der Waals surface area contributed by atoms with Crippen LogP contribution in [0.2, 0.25) is 0 Å². The summed E-state index contributed by atoms with van der Waals surface area (Å²) >= 11 is 0. The maximum atomic E-state index is 5.62. The minimum absolute atomic E-state index is 0.0354. The first-order valence-corrected chi connectivity index (χ1v) is 4.46. The molecule has 1 aromatic carbocycles. The predicted octanol–water partition coefficient (Wildman–Crippen LogP) is 3.12. The number of hydrogen-bond acceptors (Lipinski definition) is 1. The molecule has 70 valence electrons. The second kappa shape index (κ2) is 3.25. The van der Waals surface area contributed by atoms with Gasteiger partial charge < -0.3 is 5.73 Å². The Morgan fingerprint density at radius 3 is 2.08 bits per heavy atom. The third-order valence-corrected chi connectivity index (χ3v) is 2.70. The Balaban J connectivity index is 3.08. The lowest BCUT2D eigenvalue weighted by molar-refractivity contribution is 0.626. The van der Waals surface area contributed by atoms with Gasteiger partial charge in [0.25, 0.3) is 0 Å². The number of allylic oxidation sites excluding steroid dienone is 1. The van der Waals surface area contributed by atoms with Crippen LogP contribution in [0, 0.1) is 0 Å². The summed E-state index contributed by atoms with van der Waals surface area (Å²) in [6, 6.07) is 7.98. The molecular formula is C12H17N. The Hall–Kier alpha value is -1.24. The van der Waals surface area contributed by atoms with Gasteiger partial charge in [-0.1, -0.05) is 38.1 Å². The highest BCUT2D eigenvalue weighted by molar-refractivity contribution is 5.43. The maximum Gasteiger partial charge on any atom is 0.0314 e. The van der Waals surface area contributed by atoms with Crippen molar-refractivity contribution in [1.29, 1.82) is 0 Å². The normalized spacial score (nSPS) is 11.3. The first-order chi connectivity index (χ1) is 5.94. The van der Waals surface area contributed by atoms with Crippen LogP contribution in [0.1, 0.15) is 26.3 Å². The lowest BCUT2D eigenvalue weighted by Gasteiger charge is -2.25. The Bertz CT molecular complexity index is 306. The van der Waals surface area contributed by atoms with Gasteiger partial charge in [0.15, 0.2) is 0 Å². The van der Waals surface area contributed by atoms with Crippen LogP contribution in [0.4, 0.5) is 5.69 Å². The summed E-state index contributed by atoms with van der Waals surface area (Å²) in [6.07, 6.45) is 0. The summed E-state index contributed by atoms with van der Waals surface area (Å²) in [6.45, 7) is 10.4. The molecule has 0 amide bonds. The van der Waals surface area contributed by atoms with Gasteiger partial charge in [0, 0.05) is 11.1 Å². The quantitative estimate of drug-likeness (QED) is 0.542. The van der Waals surface area contributed by atoms with Crippen molar-refractivity contribution in [2.75, 3.05) is 5.73 Å². The molecule has 0 saturated carbocycles. The summed E-state index contributed by atoms with van der Waals surface area (Å²) in [7, 11) is 0. The molecule has 1 aromatic rings. The van der Waals surface area contributed by atoms with Gasteiger partial charge in [0.1, 0.15) is 0 Å². The topological polar surface area (TPSA) is 26.0 Å². The van der Waals surface area contributed by atoms with Crippen molar-refractivity contribution in [2.24, 2.45) is 0 Å². The van der Waals surface area contributed by atoms with E-state index in [1.54, 1.807) is 0 Å². The highest BCUT2D eigenvalue weighted by Gasteiger charge is 2.20. The molecule has 13 heavy (non-hydrogen) atoms. The predicted molar refractivity (Wildman–Crippen MR) is 58.7 cm³/mol. The first kappa shape index (κ1) is 9.85. The van der Waals surface area contributed by atoms with Gasteiger partial charge in [-0.2, -0.15) is 0 Å². The summed E-state index contributed by atoms with van der Waals surface area (Å²) in [5.41, 5.74) is 8.89. The molecular weight excluding hydrogens is 158 g/mol. The SMILES string of the molecule is C=C(C)C(C)(C)c1ccc(N)cc1. The molecule has 0 aliphatic rings. The van der Waals surface area contributed by atoms with Crippen LogP contribution in [-0.2, 0) is 5.41 Å². The number of rotatable bonds is 2. The zero-order valence-electron chi connectivity index (χ0n) is 8.59. The van der Waals surface area contributed by atoms with Crippen molar-refractivity contribution in [3.8, 4) is 0 Å². The van der Waals surface area contributed by atoms with E-state index in [-0.39, 0.29) is 5.41 Å². The van der Waals surface area contributed by atoms with E-state index in [9.17, 15) is 0 Å². The highest BCUT2D eigenvalue weighted by atomic mass is 14.5. The molecule has 1 heteroatoms. The van der Waals surface area contributed by atoms with Crippen LogP contribution < -0.4 is 5.73 Å². The van der Waals surface area contributed by atoms with E-state index < -0.39 is 0 Å². The van der Waals surface area contributed by atoms with E-state index in [0.29, 0.717) is 0 Å². The molecule has 0 heterocycles. The largest absolute Gasteiger partial charge is 0.399 e. The number of nitrogen functional groups attached to an aromatic ring is 1. The molecule has 0 radical (unpaired) electrons. The van der Waals surface area contributed by atoms with Gasteiger partial charge in [-0.3, -0.25) is 0 Å². The zero-order chi connectivity index (χ0) is 10.1. The van der Waals surface area contributed by atoms with E-state index >= 15 is 0 Å². The maximum absolute atomic E-state index is 5.62. The van der Waals surface area contributed by atoms with Crippen molar-refractivity contribution >= 4 is 5.69 Å². The Morgan fingerprint density at radius 1 is 1.23 bits per heavy atom. The van der Waals surface area contributed by atoms with E-state index in [0.717, 1.165) is 11.3 Å². The summed E-state index contributed by atoms with van der Waals surface area (Å²) in [5, 5.41) is 0. The summed E-state index contributed by atoms with van der Waals surface area (Å²) < 4.78 is 0. The molecule has 0 fully saturated rings. The lowest BCUT2D eigenvalue weighted by atomic mass is 9.79. The third-order valence-electron chi connectivity index (χ3n) is 2.70. The molecule has 0 aromatic heterocycles. The van der Waals surface area contributed by atoms with Crippen molar-refractivity contribution in [2.45, 2.75) is 26.2 Å². The van der Waals surface area contributed by atoms with Crippen molar-refractivity contribution < 1.29 is 0 Å². The second-order valence-electron chi connectivity index (χ2n) is 4.03. The smallest absolute Gasteiger partial charge is 0.0314 e. The molecule has 2 N–H and O–H groups in total. The van der Waals surface area contributed by atoms with Gasteiger partial charge in [-0.05, 0) is 24.6 Å². The molecule has 1 nitrogen and oxygen atoms in total. The zero-order valence-corrected chi connectivity index (χ0v) is 8.59. The summed E-state index contributed by atoms with van der Waals surface area (Å²) in [4.78, 5) is 0. The average molecular weight is 175 g/mol. The van der Waals surface area contributed by atoms with Crippen molar-refractivity contribution in [1.82, 2.24) is 0 Å². The molecule has 0 aliphatic heterocycles. The third kappa shape index (κ3) is 1.92. The Morgan fingerprint density at radius 2 is 1.69 bits per heavy atom. The molecule has 0 bridgehead atoms. The molecule has 0 aliphatic carbocycles. The van der Waals surface area contributed by atoms with Gasteiger partial charge >= 0.3 is 0 Å². The van der Waals surface area contributed by atoms with Crippen LogP contribution in [-0.4, -0.2) is 0 Å². The summed E-state index contributed by atoms with van der Waals surface area (Å²) in [5.74, 6) is 0. The second-order valence-corrected chi connectivity index (χ2v) is 4.03. The fraction of sp³-hybridized carbons (Fsp3) is 0.333. The first-order valence-electron chi connectivity index (χ1n) is 4.46. The molecule has 0 saturated heterocycles. The standard InChI is InChI=1S/C12H17N/c1-9(2)12(3,4)10-5-7-11(13)8-6-10/h5-8H,1,13H2,2-4H3. The van der Waals surface area contributed by atoms with Crippen LogP contribution in [0.25, 0.3) is 0 Å². The van der Waals surface area contributed by atoms with E-state index in [1.165, 1.54) is 5.56 Å². The Kier molecular flexibility index (Phi) is 2.46. The van der Waals surface area contributed by atoms with Crippen LogP contribution in [0.5, 0.6) is 0 Å². The van der Waals surface area contributed by atoms with Gasteiger partial charge in [0.05, 0.1) is 0 Å². The van der Waals surface area contributed by atoms with E-state index in [1.807, 2.05) is 12.1 Å². The monoisotopic (exact) mass is 175 g/mol. The van der Waals surface area contributed by atoms with Crippen molar-refractivity contribution in [3.63, 3.8) is 0 Å². The Labute approximate surface area is 80.3 Å². The molecule has 0 spiro atoms. The molecule has 0 unspecified atom stereocenters. The molecule has 1 rings (SSSR count). The number of anilines is 1. The van der Waals surface area contributed by atoms with Crippen molar-refractivity contribution in [3.05, 3.63) is 42.0 Å². The van der Waals surface area contributed by atoms with Gasteiger partial charge in [-0.15, -0.1) is 0 Å². The van der Waals surface area contributed by atoms with Crippen LogP contribution >= 0.6 is 0 Å². The highest BCUT2D eigenvalue weighted by Crippen LogP contribution is 2.30. The van der Waals surface area contributed by atoms with Crippen LogP contribution in [0.15, 0.2) is 36.4 Å². The van der Waals surface area contributed by atoms with E-state index in [4.69, 9.17) is 5.73 Å².